The number of hydrogen-bond acceptors (Lipinski definition) is 3. The average molecular weight is 370 g/mol. The minimum absolute atomic E-state index is 0.185. The molecule has 134 valence electrons. The predicted octanol–water partition coefficient (Wildman–Crippen LogP) is 4.15. The van der Waals surface area contributed by atoms with E-state index in [9.17, 15) is 4.79 Å². The number of carbonyl (C=O) groups is 1. The molecule has 1 saturated carbocycles. The van der Waals surface area contributed by atoms with Crippen LogP contribution in [-0.4, -0.2) is 25.5 Å². The first-order valence-electron chi connectivity index (χ1n) is 8.81. The van der Waals surface area contributed by atoms with Crippen LogP contribution in [0.5, 0.6) is 0 Å². The number of rotatable bonds is 5. The Morgan fingerprint density at radius 3 is 2.81 bits per heavy atom. The quantitative estimate of drug-likeness (QED) is 0.734. The molecule has 0 bridgehead atoms. The number of aromatic nitrogens is 4. The number of nitrogens with one attached hydrogen (secondary N) is 1. The van der Waals surface area contributed by atoms with Crippen LogP contribution in [0.15, 0.2) is 48.9 Å². The summed E-state index contributed by atoms with van der Waals surface area (Å²) >= 11 is 6.19. The molecule has 26 heavy (non-hydrogen) atoms. The van der Waals surface area contributed by atoms with Gasteiger partial charge in [-0.15, -0.1) is 0 Å². The molecule has 0 spiro atoms. The lowest BCUT2D eigenvalue weighted by atomic mass is 10.2. The first kappa shape index (κ1) is 16.8. The first-order valence-corrected chi connectivity index (χ1v) is 9.19. The highest BCUT2D eigenvalue weighted by molar-refractivity contribution is 6.31. The summed E-state index contributed by atoms with van der Waals surface area (Å²) in [5, 5.41) is 12.3. The van der Waals surface area contributed by atoms with Gasteiger partial charge in [0.05, 0.1) is 30.5 Å². The predicted molar refractivity (Wildman–Crippen MR) is 100 cm³/mol. The molecular weight excluding hydrogens is 350 g/mol. The van der Waals surface area contributed by atoms with Crippen molar-refractivity contribution < 1.29 is 4.79 Å². The highest BCUT2D eigenvalue weighted by Crippen LogP contribution is 2.31. The van der Waals surface area contributed by atoms with Gasteiger partial charge in [-0.05, 0) is 24.5 Å². The summed E-state index contributed by atoms with van der Waals surface area (Å²) in [5.41, 5.74) is 1.47. The van der Waals surface area contributed by atoms with Crippen LogP contribution >= 0.6 is 11.6 Å². The van der Waals surface area contributed by atoms with Gasteiger partial charge in [-0.1, -0.05) is 42.6 Å². The summed E-state index contributed by atoms with van der Waals surface area (Å²) in [6.07, 6.45) is 9.69. The number of amides is 1. The minimum Gasteiger partial charge on any atom is -0.307 e. The second-order valence-electron chi connectivity index (χ2n) is 6.57. The van der Waals surface area contributed by atoms with Gasteiger partial charge in [0.1, 0.15) is 5.82 Å². The third-order valence-electron chi connectivity index (χ3n) is 4.77. The fourth-order valence-corrected chi connectivity index (χ4v) is 3.61. The Kier molecular flexibility index (Phi) is 4.75. The highest BCUT2D eigenvalue weighted by atomic mass is 35.5. The standard InChI is InChI=1S/C19H20ClN5O/c20-17-8-4-1-5-14(17)12-24-13-15(11-22-24)19(26)23-18-9-10-21-25(18)16-6-2-3-7-16/h1,4-5,8-11,13,16H,2-3,6-7,12H2,(H,23,26). The number of anilines is 1. The van der Waals surface area contributed by atoms with Crippen molar-refractivity contribution in [1.29, 1.82) is 0 Å². The zero-order chi connectivity index (χ0) is 17.9. The molecule has 0 aliphatic heterocycles. The normalized spacial score (nSPS) is 14.7. The first-order chi connectivity index (χ1) is 12.7. The van der Waals surface area contributed by atoms with Gasteiger partial charge in [-0.2, -0.15) is 10.2 Å². The van der Waals surface area contributed by atoms with Crippen molar-refractivity contribution >= 4 is 23.3 Å². The number of benzene rings is 1. The molecule has 0 saturated heterocycles. The Morgan fingerprint density at radius 1 is 1.19 bits per heavy atom. The molecule has 1 N–H and O–H groups in total. The van der Waals surface area contributed by atoms with Crippen LogP contribution in [0, 0.1) is 0 Å². The maximum Gasteiger partial charge on any atom is 0.259 e. The van der Waals surface area contributed by atoms with Crippen molar-refractivity contribution in [2.45, 2.75) is 38.3 Å². The second kappa shape index (κ2) is 7.33. The van der Waals surface area contributed by atoms with Crippen molar-refractivity contribution in [1.82, 2.24) is 19.6 Å². The van der Waals surface area contributed by atoms with E-state index < -0.39 is 0 Å². The van der Waals surface area contributed by atoms with Gasteiger partial charge < -0.3 is 5.32 Å². The monoisotopic (exact) mass is 369 g/mol. The van der Waals surface area contributed by atoms with Gasteiger partial charge in [0.2, 0.25) is 0 Å². The Hall–Kier alpha value is -2.60. The molecule has 0 radical (unpaired) electrons. The summed E-state index contributed by atoms with van der Waals surface area (Å²) in [7, 11) is 0. The van der Waals surface area contributed by atoms with Gasteiger partial charge in [-0.3, -0.25) is 9.48 Å². The van der Waals surface area contributed by atoms with Crippen LogP contribution in [0.1, 0.15) is 47.6 Å². The van der Waals surface area contributed by atoms with E-state index >= 15 is 0 Å². The Bertz CT molecular complexity index is 910. The van der Waals surface area contributed by atoms with Crippen molar-refractivity contribution in [2.75, 3.05) is 5.32 Å². The SMILES string of the molecule is O=C(Nc1ccnn1C1CCCC1)c1cnn(Cc2ccccc2Cl)c1. The molecule has 1 aromatic carbocycles. The fraction of sp³-hybridized carbons (Fsp3) is 0.316. The van der Waals surface area contributed by atoms with E-state index in [-0.39, 0.29) is 5.91 Å². The number of halogens is 1. The molecule has 1 amide bonds. The molecule has 1 aliphatic rings. The Morgan fingerprint density at radius 2 is 2.00 bits per heavy atom. The topological polar surface area (TPSA) is 64.7 Å². The zero-order valence-corrected chi connectivity index (χ0v) is 15.1. The van der Waals surface area contributed by atoms with Gasteiger partial charge in [0.15, 0.2) is 0 Å². The van der Waals surface area contributed by atoms with Crippen molar-refractivity contribution in [3.05, 3.63) is 65.1 Å². The summed E-state index contributed by atoms with van der Waals surface area (Å²) < 4.78 is 3.64. The van der Waals surface area contributed by atoms with Crippen LogP contribution in [0.2, 0.25) is 5.02 Å². The van der Waals surface area contributed by atoms with Crippen LogP contribution in [-0.2, 0) is 6.54 Å². The van der Waals surface area contributed by atoms with Gasteiger partial charge in [0.25, 0.3) is 5.91 Å². The van der Waals surface area contributed by atoms with E-state index in [1.807, 2.05) is 35.0 Å². The van der Waals surface area contributed by atoms with Crippen molar-refractivity contribution in [2.24, 2.45) is 0 Å². The molecule has 0 atom stereocenters. The van der Waals surface area contributed by atoms with E-state index in [0.717, 1.165) is 24.2 Å². The van der Waals surface area contributed by atoms with Crippen molar-refractivity contribution in [3.63, 3.8) is 0 Å². The summed E-state index contributed by atoms with van der Waals surface area (Å²) in [5.74, 6) is 0.552. The summed E-state index contributed by atoms with van der Waals surface area (Å²) in [4.78, 5) is 12.6. The number of carbonyl (C=O) groups excluding carboxylic acids is 1. The van der Waals surface area contributed by atoms with E-state index in [4.69, 9.17) is 11.6 Å². The largest absolute Gasteiger partial charge is 0.307 e. The van der Waals surface area contributed by atoms with E-state index in [1.54, 1.807) is 23.3 Å². The van der Waals surface area contributed by atoms with Gasteiger partial charge in [0, 0.05) is 17.3 Å². The maximum atomic E-state index is 12.6. The smallest absolute Gasteiger partial charge is 0.259 e. The lowest BCUT2D eigenvalue weighted by Gasteiger charge is -2.14. The number of nitrogens with zero attached hydrogens (tertiary/aromatic N) is 4. The lowest BCUT2D eigenvalue weighted by molar-refractivity contribution is 0.102. The Labute approximate surface area is 156 Å². The van der Waals surface area contributed by atoms with Crippen LogP contribution in [0.25, 0.3) is 0 Å². The molecule has 3 aromatic rings. The molecule has 0 unspecified atom stereocenters. The summed E-state index contributed by atoms with van der Waals surface area (Å²) in [6.45, 7) is 0.521. The average Bonchev–Trinajstić information content (AvgIpc) is 3.37. The van der Waals surface area contributed by atoms with E-state index in [2.05, 4.69) is 15.5 Å². The molecule has 2 heterocycles. The molecule has 2 aromatic heterocycles. The van der Waals surface area contributed by atoms with Crippen LogP contribution in [0.4, 0.5) is 5.82 Å². The fourth-order valence-electron chi connectivity index (χ4n) is 3.41. The summed E-state index contributed by atoms with van der Waals surface area (Å²) in [6, 6.07) is 9.83. The third kappa shape index (κ3) is 3.51. The molecule has 6 nitrogen and oxygen atoms in total. The maximum absolute atomic E-state index is 12.6. The Balaban J connectivity index is 1.46. The second-order valence-corrected chi connectivity index (χ2v) is 6.98. The lowest BCUT2D eigenvalue weighted by Crippen LogP contribution is -2.17. The molecule has 4 rings (SSSR count). The van der Waals surface area contributed by atoms with E-state index in [1.165, 1.54) is 12.8 Å². The molecule has 1 aliphatic carbocycles. The highest BCUT2D eigenvalue weighted by Gasteiger charge is 2.21. The minimum atomic E-state index is -0.185. The van der Waals surface area contributed by atoms with Crippen LogP contribution in [0.3, 0.4) is 0 Å². The van der Waals surface area contributed by atoms with Gasteiger partial charge >= 0.3 is 0 Å². The molecule has 7 heteroatoms. The zero-order valence-electron chi connectivity index (χ0n) is 14.3. The number of hydrogen-bond donors (Lipinski definition) is 1. The van der Waals surface area contributed by atoms with E-state index in [0.29, 0.717) is 23.2 Å². The molecule has 1 fully saturated rings. The van der Waals surface area contributed by atoms with Gasteiger partial charge in [-0.25, -0.2) is 4.68 Å². The third-order valence-corrected chi connectivity index (χ3v) is 5.14. The van der Waals surface area contributed by atoms with Crippen LogP contribution < -0.4 is 5.32 Å². The molecular formula is C19H20ClN5O. The van der Waals surface area contributed by atoms with Crippen molar-refractivity contribution in [3.8, 4) is 0 Å².